The Morgan fingerprint density at radius 2 is 2.38 bits per heavy atom. The van der Waals surface area contributed by atoms with E-state index in [1.807, 2.05) is 0 Å². The Bertz CT molecular complexity index is 131. The molecule has 1 rings (SSSR count). The van der Waals surface area contributed by atoms with Gasteiger partial charge in [-0.05, 0) is 19.0 Å². The van der Waals surface area contributed by atoms with Gasteiger partial charge in [0.1, 0.15) is 15.9 Å². The van der Waals surface area contributed by atoms with Gasteiger partial charge in [0, 0.05) is 6.61 Å². The van der Waals surface area contributed by atoms with Crippen LogP contribution in [0, 0.1) is 0 Å². The molecule has 0 spiro atoms. The fourth-order valence-electron chi connectivity index (χ4n) is 1.22. The molecule has 78 valence electrons. The van der Waals surface area contributed by atoms with Crippen LogP contribution < -0.4 is 0 Å². The molecule has 1 heterocycles. The van der Waals surface area contributed by atoms with Gasteiger partial charge in [0.25, 0.3) is 0 Å². The van der Waals surface area contributed by atoms with Gasteiger partial charge in [0.2, 0.25) is 0 Å². The van der Waals surface area contributed by atoms with Crippen LogP contribution in [0.5, 0.6) is 0 Å². The Balaban J connectivity index is 1.76. The van der Waals surface area contributed by atoms with Gasteiger partial charge in [0.05, 0.1) is 13.2 Å². The van der Waals surface area contributed by atoms with Crippen LogP contribution in [0.25, 0.3) is 0 Å². The van der Waals surface area contributed by atoms with Crippen LogP contribution in [-0.4, -0.2) is 44.7 Å². The summed E-state index contributed by atoms with van der Waals surface area (Å²) >= 11 is 0. The Morgan fingerprint density at radius 1 is 1.62 bits per heavy atom. The predicted octanol–water partition coefficient (Wildman–Crippen LogP) is 0.294. The number of epoxide rings is 1. The minimum absolute atomic E-state index is 0.175. The van der Waals surface area contributed by atoms with Gasteiger partial charge < -0.3 is 13.6 Å². The molecular weight excluding hydrogens is 200 g/mol. The van der Waals surface area contributed by atoms with Gasteiger partial charge in [-0.3, -0.25) is 0 Å². The fraction of sp³-hybridized carbons (Fsp3) is 1.00. The summed E-state index contributed by atoms with van der Waals surface area (Å²) in [5, 5.41) is 0. The first-order chi connectivity index (χ1) is 6.33. The van der Waals surface area contributed by atoms with Crippen LogP contribution in [0.4, 0.5) is 0 Å². The maximum atomic E-state index is 5.68. The average Bonchev–Trinajstić information content (AvgIpc) is 2.88. The SMILES string of the molecule is C[SiH2]O[SiH](C)CCCOCC1CO1. The van der Waals surface area contributed by atoms with Gasteiger partial charge in [-0.2, -0.15) is 0 Å². The summed E-state index contributed by atoms with van der Waals surface area (Å²) in [6, 6.07) is 1.26. The first-order valence-electron chi connectivity index (χ1n) is 5.14. The summed E-state index contributed by atoms with van der Waals surface area (Å²) in [4.78, 5) is 0. The third-order valence-corrected chi connectivity index (χ3v) is 6.89. The topological polar surface area (TPSA) is 31.0 Å². The zero-order valence-electron chi connectivity index (χ0n) is 8.62. The summed E-state index contributed by atoms with van der Waals surface area (Å²) in [6.07, 6.45) is 1.57. The Kier molecular flexibility index (Phi) is 5.89. The minimum Gasteiger partial charge on any atom is -0.463 e. The summed E-state index contributed by atoms with van der Waals surface area (Å²) in [5.41, 5.74) is 0. The van der Waals surface area contributed by atoms with Crippen molar-refractivity contribution in [3.63, 3.8) is 0 Å². The van der Waals surface area contributed by atoms with E-state index in [0.717, 1.165) is 26.2 Å². The molecule has 0 aliphatic carbocycles. The van der Waals surface area contributed by atoms with E-state index in [-0.39, 0.29) is 9.76 Å². The Labute approximate surface area is 84.4 Å². The Morgan fingerprint density at radius 3 is 3.00 bits per heavy atom. The molecule has 1 fully saturated rings. The third-order valence-electron chi connectivity index (χ3n) is 2.06. The Hall–Kier alpha value is 0.314. The molecule has 2 unspecified atom stereocenters. The molecule has 1 aliphatic rings. The van der Waals surface area contributed by atoms with Crippen molar-refractivity contribution in [3.8, 4) is 0 Å². The maximum absolute atomic E-state index is 5.68. The molecule has 2 atom stereocenters. The first-order valence-corrected chi connectivity index (χ1v) is 9.57. The molecule has 0 amide bonds. The van der Waals surface area contributed by atoms with Crippen LogP contribution in [0.1, 0.15) is 6.42 Å². The lowest BCUT2D eigenvalue weighted by Gasteiger charge is -2.09. The summed E-state index contributed by atoms with van der Waals surface area (Å²) in [5.74, 6) is 0. The third kappa shape index (κ3) is 6.39. The lowest BCUT2D eigenvalue weighted by molar-refractivity contribution is 0.117. The molecule has 0 aromatic carbocycles. The van der Waals surface area contributed by atoms with E-state index >= 15 is 0 Å². The van der Waals surface area contributed by atoms with Crippen molar-refractivity contribution >= 4 is 18.8 Å². The first kappa shape index (κ1) is 11.4. The van der Waals surface area contributed by atoms with E-state index in [9.17, 15) is 0 Å². The van der Waals surface area contributed by atoms with Crippen molar-refractivity contribution in [1.29, 1.82) is 0 Å². The van der Waals surface area contributed by atoms with Gasteiger partial charge in [-0.15, -0.1) is 0 Å². The molecule has 0 N–H and O–H groups in total. The number of hydrogen-bond acceptors (Lipinski definition) is 3. The van der Waals surface area contributed by atoms with E-state index < -0.39 is 9.04 Å². The molecule has 0 saturated carbocycles. The van der Waals surface area contributed by atoms with Crippen LogP contribution in [-0.2, 0) is 13.6 Å². The van der Waals surface area contributed by atoms with E-state index in [4.69, 9.17) is 13.6 Å². The zero-order valence-corrected chi connectivity index (χ0v) is 11.2. The fourth-order valence-corrected chi connectivity index (χ4v) is 4.90. The quantitative estimate of drug-likeness (QED) is 0.335. The molecule has 13 heavy (non-hydrogen) atoms. The maximum Gasteiger partial charge on any atom is 0.159 e. The number of hydrogen-bond donors (Lipinski definition) is 0. The molecule has 1 saturated heterocycles. The standard InChI is InChI=1S/C8H20O3Si2/c1-12-11-13(2)5-3-4-9-6-8-7-10-8/h8,13H,3-7,12H2,1-2H3. The summed E-state index contributed by atoms with van der Waals surface area (Å²) in [6.45, 7) is 7.05. The molecule has 3 nitrogen and oxygen atoms in total. The lowest BCUT2D eigenvalue weighted by atomic mass is 10.5. The highest BCUT2D eigenvalue weighted by molar-refractivity contribution is 6.56. The van der Waals surface area contributed by atoms with Gasteiger partial charge in [-0.1, -0.05) is 6.55 Å². The largest absolute Gasteiger partial charge is 0.463 e. The minimum atomic E-state index is -0.803. The molecule has 0 radical (unpaired) electrons. The molecule has 0 bridgehead atoms. The average molecular weight is 220 g/mol. The van der Waals surface area contributed by atoms with Crippen molar-refractivity contribution in [2.75, 3.05) is 19.8 Å². The second-order valence-corrected chi connectivity index (χ2v) is 7.55. The molecule has 1 aliphatic heterocycles. The van der Waals surface area contributed by atoms with Crippen molar-refractivity contribution in [3.05, 3.63) is 0 Å². The normalized spacial score (nSPS) is 24.0. The molecule has 0 aromatic rings. The monoisotopic (exact) mass is 220 g/mol. The van der Waals surface area contributed by atoms with E-state index in [0.29, 0.717) is 6.10 Å². The van der Waals surface area contributed by atoms with Crippen molar-refractivity contribution in [2.45, 2.75) is 31.7 Å². The van der Waals surface area contributed by atoms with Crippen LogP contribution in [0.15, 0.2) is 0 Å². The van der Waals surface area contributed by atoms with Crippen LogP contribution in [0.2, 0.25) is 19.1 Å². The van der Waals surface area contributed by atoms with Crippen molar-refractivity contribution in [1.82, 2.24) is 0 Å². The number of ether oxygens (including phenoxy) is 2. The van der Waals surface area contributed by atoms with Crippen molar-refractivity contribution in [2.24, 2.45) is 0 Å². The van der Waals surface area contributed by atoms with E-state index in [1.54, 1.807) is 0 Å². The smallest absolute Gasteiger partial charge is 0.159 e. The van der Waals surface area contributed by atoms with Gasteiger partial charge in [-0.25, -0.2) is 0 Å². The second-order valence-electron chi connectivity index (χ2n) is 3.44. The van der Waals surface area contributed by atoms with Gasteiger partial charge in [0.15, 0.2) is 9.04 Å². The lowest BCUT2D eigenvalue weighted by Crippen LogP contribution is -2.15. The number of rotatable bonds is 8. The summed E-state index contributed by atoms with van der Waals surface area (Å²) in [7, 11) is -0.978. The van der Waals surface area contributed by atoms with Gasteiger partial charge >= 0.3 is 0 Å². The van der Waals surface area contributed by atoms with E-state index in [1.165, 1.54) is 6.04 Å². The molecule has 0 aromatic heterocycles. The van der Waals surface area contributed by atoms with Crippen LogP contribution in [0.3, 0.4) is 0 Å². The van der Waals surface area contributed by atoms with E-state index in [2.05, 4.69) is 13.1 Å². The van der Waals surface area contributed by atoms with Crippen LogP contribution >= 0.6 is 0 Å². The highest BCUT2D eigenvalue weighted by atomic mass is 28.3. The zero-order chi connectivity index (χ0) is 9.52. The molecule has 5 heteroatoms. The summed E-state index contributed by atoms with van der Waals surface area (Å²) < 4.78 is 16.2. The van der Waals surface area contributed by atoms with Crippen molar-refractivity contribution < 1.29 is 13.6 Å². The predicted molar refractivity (Wildman–Crippen MR) is 58.5 cm³/mol. The highest BCUT2D eigenvalue weighted by Crippen LogP contribution is 2.09. The molecular formula is C8H20O3Si2. The second kappa shape index (κ2) is 6.72. The highest BCUT2D eigenvalue weighted by Gasteiger charge is 2.21.